The highest BCUT2D eigenvalue weighted by Crippen LogP contribution is 2.33. The first-order chi connectivity index (χ1) is 15.4. The van der Waals surface area contributed by atoms with Gasteiger partial charge in [-0.25, -0.2) is 0 Å². The number of hydrogen-bond acceptors (Lipinski definition) is 5. The van der Waals surface area contributed by atoms with Gasteiger partial charge in [0.05, 0.1) is 31.8 Å². The van der Waals surface area contributed by atoms with Gasteiger partial charge in [-0.3, -0.25) is 14.2 Å². The maximum absolute atomic E-state index is 13.4. The van der Waals surface area contributed by atoms with E-state index in [0.717, 1.165) is 12.8 Å². The molecule has 0 radical (unpaired) electrons. The Hall–Kier alpha value is -3.48. The lowest BCUT2D eigenvalue weighted by Crippen LogP contribution is -2.30. The molecule has 0 unspecified atom stereocenters. The number of pyridine rings is 1. The molecule has 0 fully saturated rings. The maximum Gasteiger partial charge on any atom is 0.263 e. The number of fused-ring (bicyclic) bond motifs is 1. The van der Waals surface area contributed by atoms with Crippen molar-refractivity contribution in [1.82, 2.24) is 9.47 Å². The lowest BCUT2D eigenvalue weighted by molar-refractivity contribution is 0.0794. The van der Waals surface area contributed by atoms with Crippen LogP contribution in [-0.2, 0) is 0 Å². The summed E-state index contributed by atoms with van der Waals surface area (Å²) in [6.45, 7) is 5.18. The zero-order valence-electron chi connectivity index (χ0n) is 19.3. The number of carbonyl (C=O) groups excluding carboxylic acids is 1. The summed E-state index contributed by atoms with van der Waals surface area (Å²) in [6, 6.07) is 10.5. The second kappa shape index (κ2) is 10.2. The van der Waals surface area contributed by atoms with Crippen LogP contribution < -0.4 is 19.8 Å². The number of ether oxygens (including phenoxy) is 3. The molecule has 170 valence electrons. The Morgan fingerprint density at radius 1 is 1.00 bits per heavy atom. The highest BCUT2D eigenvalue weighted by molar-refractivity contribution is 6.07. The van der Waals surface area contributed by atoms with Crippen molar-refractivity contribution >= 4 is 16.7 Å². The Balaban J connectivity index is 2.25. The number of rotatable bonds is 9. The predicted molar refractivity (Wildman–Crippen MR) is 126 cm³/mol. The molecule has 3 rings (SSSR count). The average Bonchev–Trinajstić information content (AvgIpc) is 2.82. The first-order valence-corrected chi connectivity index (χ1v) is 10.7. The highest BCUT2D eigenvalue weighted by atomic mass is 16.5. The first kappa shape index (κ1) is 23.2. The monoisotopic (exact) mass is 438 g/mol. The fourth-order valence-electron chi connectivity index (χ4n) is 3.60. The Morgan fingerprint density at radius 3 is 2.19 bits per heavy atom. The molecule has 0 saturated carbocycles. The van der Waals surface area contributed by atoms with Crippen molar-refractivity contribution in [3.05, 3.63) is 58.5 Å². The summed E-state index contributed by atoms with van der Waals surface area (Å²) in [5, 5.41) is 0.912. The van der Waals surface area contributed by atoms with E-state index >= 15 is 0 Å². The molecular weight excluding hydrogens is 408 g/mol. The van der Waals surface area contributed by atoms with Crippen LogP contribution in [0.4, 0.5) is 0 Å². The van der Waals surface area contributed by atoms with Gasteiger partial charge in [0.2, 0.25) is 0 Å². The topological polar surface area (TPSA) is 70.0 Å². The summed E-state index contributed by atoms with van der Waals surface area (Å²) < 4.78 is 17.8. The minimum absolute atomic E-state index is 0.157. The Kier molecular flexibility index (Phi) is 7.41. The van der Waals surface area contributed by atoms with Crippen LogP contribution in [0.15, 0.2) is 47.4 Å². The number of methoxy groups -OCH3 is 2. The molecule has 0 atom stereocenters. The van der Waals surface area contributed by atoms with Gasteiger partial charge in [-0.2, -0.15) is 0 Å². The SMILES string of the molecule is CCCCN(C)C(=O)c1cn(-c2ccc(OCC)cc2)c(=O)c2cc(OC)c(OC)cc12. The molecule has 1 aromatic heterocycles. The molecule has 3 aromatic rings. The zero-order chi connectivity index (χ0) is 23.3. The third-order valence-corrected chi connectivity index (χ3v) is 5.37. The number of amides is 1. The summed E-state index contributed by atoms with van der Waals surface area (Å²) in [5.74, 6) is 1.45. The highest BCUT2D eigenvalue weighted by Gasteiger charge is 2.21. The van der Waals surface area contributed by atoms with E-state index in [1.165, 1.54) is 18.8 Å². The number of aromatic nitrogens is 1. The van der Waals surface area contributed by atoms with E-state index in [1.54, 1.807) is 54.5 Å². The van der Waals surface area contributed by atoms with Gasteiger partial charge < -0.3 is 19.1 Å². The van der Waals surface area contributed by atoms with Gasteiger partial charge >= 0.3 is 0 Å². The molecule has 0 aliphatic heterocycles. The van der Waals surface area contributed by atoms with Crippen LogP contribution in [0.5, 0.6) is 17.2 Å². The van der Waals surface area contributed by atoms with E-state index in [2.05, 4.69) is 6.92 Å². The summed E-state index contributed by atoms with van der Waals surface area (Å²) in [4.78, 5) is 28.5. The Bertz CT molecular complexity index is 1150. The van der Waals surface area contributed by atoms with Crippen molar-refractivity contribution in [2.24, 2.45) is 0 Å². The van der Waals surface area contributed by atoms with Crippen molar-refractivity contribution in [1.29, 1.82) is 0 Å². The number of nitrogens with zero attached hydrogens (tertiary/aromatic N) is 2. The van der Waals surface area contributed by atoms with Crippen LogP contribution in [0.25, 0.3) is 16.5 Å². The zero-order valence-corrected chi connectivity index (χ0v) is 19.3. The van der Waals surface area contributed by atoms with E-state index in [1.807, 2.05) is 6.92 Å². The molecule has 0 aliphatic rings. The molecule has 0 saturated heterocycles. The molecule has 7 nitrogen and oxygen atoms in total. The standard InChI is InChI=1S/C25H30N2O5/c1-6-8-13-26(3)24(28)21-16-27(17-9-11-18(12-10-17)32-7-2)25(29)20-15-23(31-5)22(30-4)14-19(20)21/h9-12,14-16H,6-8,13H2,1-5H3. The van der Waals surface area contributed by atoms with Crippen molar-refractivity contribution in [2.45, 2.75) is 26.7 Å². The van der Waals surface area contributed by atoms with E-state index in [0.29, 0.717) is 52.4 Å². The number of unbranched alkanes of at least 4 members (excludes halogenated alkanes) is 1. The van der Waals surface area contributed by atoms with Crippen molar-refractivity contribution in [3.63, 3.8) is 0 Å². The minimum Gasteiger partial charge on any atom is -0.494 e. The van der Waals surface area contributed by atoms with Crippen LogP contribution in [0.2, 0.25) is 0 Å². The second-order valence-corrected chi connectivity index (χ2v) is 7.48. The van der Waals surface area contributed by atoms with Gasteiger partial charge in [-0.15, -0.1) is 0 Å². The number of carbonyl (C=O) groups is 1. The normalized spacial score (nSPS) is 10.8. The van der Waals surface area contributed by atoms with E-state index in [-0.39, 0.29) is 11.5 Å². The number of benzene rings is 2. The second-order valence-electron chi connectivity index (χ2n) is 7.48. The van der Waals surface area contributed by atoms with Gasteiger partial charge in [0.1, 0.15) is 5.75 Å². The van der Waals surface area contributed by atoms with Crippen molar-refractivity contribution < 1.29 is 19.0 Å². The minimum atomic E-state index is -0.252. The molecule has 1 heterocycles. The van der Waals surface area contributed by atoms with E-state index in [4.69, 9.17) is 14.2 Å². The van der Waals surface area contributed by atoms with E-state index < -0.39 is 0 Å². The molecule has 0 aliphatic carbocycles. The Labute approximate surface area is 188 Å². The molecule has 0 spiro atoms. The predicted octanol–water partition coefficient (Wildman–Crippen LogP) is 4.28. The third-order valence-electron chi connectivity index (χ3n) is 5.37. The smallest absolute Gasteiger partial charge is 0.263 e. The van der Waals surface area contributed by atoms with Gasteiger partial charge in [0.15, 0.2) is 11.5 Å². The number of hydrogen-bond donors (Lipinski definition) is 0. The lowest BCUT2D eigenvalue weighted by Gasteiger charge is -2.20. The average molecular weight is 439 g/mol. The largest absolute Gasteiger partial charge is 0.494 e. The van der Waals surface area contributed by atoms with Gasteiger partial charge in [0, 0.05) is 30.9 Å². The fraction of sp³-hybridized carbons (Fsp3) is 0.360. The quantitative estimate of drug-likeness (QED) is 0.499. The van der Waals surface area contributed by atoms with Crippen molar-refractivity contribution in [3.8, 4) is 22.9 Å². The van der Waals surface area contributed by atoms with Crippen LogP contribution in [0, 0.1) is 0 Å². The van der Waals surface area contributed by atoms with Gasteiger partial charge in [0.25, 0.3) is 11.5 Å². The molecular formula is C25H30N2O5. The van der Waals surface area contributed by atoms with Crippen LogP contribution in [0.3, 0.4) is 0 Å². The third kappa shape index (κ3) is 4.56. The van der Waals surface area contributed by atoms with Crippen molar-refractivity contribution in [2.75, 3.05) is 34.4 Å². The Morgan fingerprint density at radius 2 is 1.62 bits per heavy atom. The summed E-state index contributed by atoms with van der Waals surface area (Å²) in [6.07, 6.45) is 3.49. The van der Waals surface area contributed by atoms with Crippen LogP contribution >= 0.6 is 0 Å². The molecule has 1 amide bonds. The van der Waals surface area contributed by atoms with Crippen LogP contribution in [-0.4, -0.2) is 49.8 Å². The summed E-state index contributed by atoms with van der Waals surface area (Å²) >= 11 is 0. The molecule has 0 N–H and O–H groups in total. The maximum atomic E-state index is 13.4. The fourth-order valence-corrected chi connectivity index (χ4v) is 3.60. The van der Waals surface area contributed by atoms with Gasteiger partial charge in [-0.05, 0) is 49.7 Å². The molecule has 0 bridgehead atoms. The lowest BCUT2D eigenvalue weighted by atomic mass is 10.0. The molecule has 32 heavy (non-hydrogen) atoms. The van der Waals surface area contributed by atoms with Gasteiger partial charge in [-0.1, -0.05) is 13.3 Å². The molecule has 2 aromatic carbocycles. The van der Waals surface area contributed by atoms with Crippen LogP contribution in [0.1, 0.15) is 37.0 Å². The summed E-state index contributed by atoms with van der Waals surface area (Å²) in [5.41, 5.74) is 0.811. The summed E-state index contributed by atoms with van der Waals surface area (Å²) in [7, 11) is 4.82. The first-order valence-electron chi connectivity index (χ1n) is 10.7. The molecule has 7 heteroatoms. The van der Waals surface area contributed by atoms with E-state index in [9.17, 15) is 9.59 Å².